The summed E-state index contributed by atoms with van der Waals surface area (Å²) in [5.41, 5.74) is 0. The Hall–Kier alpha value is -1.23. The van der Waals surface area contributed by atoms with Gasteiger partial charge in [0.05, 0.1) is 0 Å². The molecule has 0 aliphatic carbocycles. The number of amides is 1. The van der Waals surface area contributed by atoms with Gasteiger partial charge in [-0.1, -0.05) is 13.5 Å². The van der Waals surface area contributed by atoms with Gasteiger partial charge in [-0.25, -0.2) is 0 Å². The lowest BCUT2D eigenvalue weighted by Crippen LogP contribution is -2.32. The zero-order valence-electron chi connectivity index (χ0n) is 7.63. The molecule has 2 unspecified atom stereocenters. The first-order chi connectivity index (χ1) is 5.60. The van der Waals surface area contributed by atoms with Crippen LogP contribution in [0, 0.1) is 18.3 Å². The quantitative estimate of drug-likeness (QED) is 0.494. The molecular weight excluding hydrogens is 150 g/mol. The first kappa shape index (κ1) is 10.8. The Bertz CT molecular complexity index is 202. The van der Waals surface area contributed by atoms with Crippen LogP contribution in [0.15, 0.2) is 12.7 Å². The van der Waals surface area contributed by atoms with E-state index in [2.05, 4.69) is 17.8 Å². The van der Waals surface area contributed by atoms with E-state index >= 15 is 0 Å². The van der Waals surface area contributed by atoms with Crippen molar-refractivity contribution in [3.63, 3.8) is 0 Å². The Morgan fingerprint density at radius 1 is 1.75 bits per heavy atom. The number of carbonyl (C=O) groups is 1. The molecular formula is C10H15NO. The van der Waals surface area contributed by atoms with Gasteiger partial charge in [0.15, 0.2) is 0 Å². The van der Waals surface area contributed by atoms with Gasteiger partial charge in [-0.3, -0.25) is 4.79 Å². The topological polar surface area (TPSA) is 29.1 Å². The van der Waals surface area contributed by atoms with Gasteiger partial charge in [0.2, 0.25) is 5.91 Å². The largest absolute Gasteiger partial charge is 0.350 e. The van der Waals surface area contributed by atoms with Crippen LogP contribution in [-0.2, 0) is 4.79 Å². The summed E-state index contributed by atoms with van der Waals surface area (Å²) < 4.78 is 0. The highest BCUT2D eigenvalue weighted by molar-refractivity contribution is 5.87. The molecule has 0 aliphatic heterocycles. The Morgan fingerprint density at radius 3 is 2.75 bits per heavy atom. The lowest BCUT2D eigenvalue weighted by molar-refractivity contribution is -0.117. The molecule has 0 rings (SSSR count). The minimum absolute atomic E-state index is 0.113. The summed E-state index contributed by atoms with van der Waals surface area (Å²) >= 11 is 0. The maximum absolute atomic E-state index is 10.8. The molecule has 0 spiro atoms. The van der Waals surface area contributed by atoms with E-state index in [1.807, 2.05) is 13.8 Å². The van der Waals surface area contributed by atoms with E-state index in [1.54, 1.807) is 0 Å². The van der Waals surface area contributed by atoms with Crippen molar-refractivity contribution >= 4 is 5.91 Å². The van der Waals surface area contributed by atoms with Crippen molar-refractivity contribution in [2.45, 2.75) is 26.3 Å². The highest BCUT2D eigenvalue weighted by atomic mass is 16.1. The highest BCUT2D eigenvalue weighted by Crippen LogP contribution is 2.03. The van der Waals surface area contributed by atoms with Crippen LogP contribution in [0.3, 0.4) is 0 Å². The normalized spacial score (nSPS) is 14.1. The standard InChI is InChI=1S/C10H15NO/c1-5-8(3)7-9(4)11-10(12)6-2/h1,6,8-9H,2,7H2,3-4H3,(H,11,12). The molecule has 0 aromatic heterocycles. The smallest absolute Gasteiger partial charge is 0.243 e. The van der Waals surface area contributed by atoms with Crippen LogP contribution < -0.4 is 5.32 Å². The molecule has 0 bridgehead atoms. The SMILES string of the molecule is C#CC(C)CC(C)NC(=O)C=C. The zero-order valence-corrected chi connectivity index (χ0v) is 7.63. The van der Waals surface area contributed by atoms with Gasteiger partial charge in [-0.05, 0) is 19.4 Å². The van der Waals surface area contributed by atoms with E-state index < -0.39 is 0 Å². The molecule has 0 saturated heterocycles. The molecule has 0 saturated carbocycles. The summed E-state index contributed by atoms with van der Waals surface area (Å²) in [6.45, 7) is 7.24. The first-order valence-electron chi connectivity index (χ1n) is 3.99. The third kappa shape index (κ3) is 4.56. The summed E-state index contributed by atoms with van der Waals surface area (Å²) in [6.07, 6.45) is 7.26. The maximum Gasteiger partial charge on any atom is 0.243 e. The molecule has 12 heavy (non-hydrogen) atoms. The van der Waals surface area contributed by atoms with E-state index in [9.17, 15) is 4.79 Å². The van der Waals surface area contributed by atoms with Crippen molar-refractivity contribution in [3.05, 3.63) is 12.7 Å². The van der Waals surface area contributed by atoms with Crippen molar-refractivity contribution in [3.8, 4) is 12.3 Å². The molecule has 0 aromatic carbocycles. The van der Waals surface area contributed by atoms with E-state index in [-0.39, 0.29) is 17.9 Å². The third-order valence-corrected chi connectivity index (χ3v) is 1.57. The van der Waals surface area contributed by atoms with Crippen molar-refractivity contribution in [2.75, 3.05) is 0 Å². The number of hydrogen-bond donors (Lipinski definition) is 1. The monoisotopic (exact) mass is 165 g/mol. The highest BCUT2D eigenvalue weighted by Gasteiger charge is 2.07. The van der Waals surface area contributed by atoms with Crippen LogP contribution in [0.1, 0.15) is 20.3 Å². The Balaban J connectivity index is 3.75. The Morgan fingerprint density at radius 2 is 2.33 bits per heavy atom. The number of terminal acetylenes is 1. The second kappa shape index (κ2) is 5.42. The maximum atomic E-state index is 10.8. The van der Waals surface area contributed by atoms with E-state index in [0.717, 1.165) is 6.42 Å². The first-order valence-corrected chi connectivity index (χ1v) is 3.99. The van der Waals surface area contributed by atoms with Crippen molar-refractivity contribution < 1.29 is 4.79 Å². The molecule has 0 fully saturated rings. The van der Waals surface area contributed by atoms with Crippen LogP contribution in [0.5, 0.6) is 0 Å². The van der Waals surface area contributed by atoms with Crippen molar-refractivity contribution in [1.29, 1.82) is 0 Å². The fraction of sp³-hybridized carbons (Fsp3) is 0.500. The molecule has 1 amide bonds. The fourth-order valence-corrected chi connectivity index (χ4v) is 0.959. The summed E-state index contributed by atoms with van der Waals surface area (Å²) in [4.78, 5) is 10.8. The van der Waals surface area contributed by atoms with Crippen molar-refractivity contribution in [1.82, 2.24) is 5.32 Å². The minimum Gasteiger partial charge on any atom is -0.350 e. The average molecular weight is 165 g/mol. The van der Waals surface area contributed by atoms with Gasteiger partial charge in [-0.2, -0.15) is 0 Å². The van der Waals surface area contributed by atoms with Crippen LogP contribution in [0.4, 0.5) is 0 Å². The van der Waals surface area contributed by atoms with Gasteiger partial charge in [-0.15, -0.1) is 12.3 Å². The second-order valence-corrected chi connectivity index (χ2v) is 2.92. The van der Waals surface area contributed by atoms with Crippen molar-refractivity contribution in [2.24, 2.45) is 5.92 Å². The number of carbonyl (C=O) groups excluding carboxylic acids is 1. The van der Waals surface area contributed by atoms with Crippen LogP contribution in [0.25, 0.3) is 0 Å². The minimum atomic E-state index is -0.147. The summed E-state index contributed by atoms with van der Waals surface area (Å²) in [5.74, 6) is 2.66. The predicted molar refractivity (Wildman–Crippen MR) is 50.4 cm³/mol. The van der Waals surface area contributed by atoms with E-state index in [1.165, 1.54) is 6.08 Å². The molecule has 1 N–H and O–H groups in total. The van der Waals surface area contributed by atoms with Crippen LogP contribution in [-0.4, -0.2) is 11.9 Å². The molecule has 0 aromatic rings. The van der Waals surface area contributed by atoms with Gasteiger partial charge in [0.1, 0.15) is 0 Å². The summed E-state index contributed by atoms with van der Waals surface area (Å²) in [6, 6.07) is 0.113. The summed E-state index contributed by atoms with van der Waals surface area (Å²) in [7, 11) is 0. The zero-order chi connectivity index (χ0) is 9.56. The van der Waals surface area contributed by atoms with Gasteiger partial charge in [0, 0.05) is 12.0 Å². The molecule has 2 atom stereocenters. The fourth-order valence-electron chi connectivity index (χ4n) is 0.959. The molecule has 2 heteroatoms. The van der Waals surface area contributed by atoms with Crippen LogP contribution >= 0.6 is 0 Å². The number of nitrogens with one attached hydrogen (secondary N) is 1. The molecule has 0 heterocycles. The average Bonchev–Trinajstić information content (AvgIpc) is 2.03. The number of hydrogen-bond acceptors (Lipinski definition) is 1. The van der Waals surface area contributed by atoms with Gasteiger partial charge < -0.3 is 5.32 Å². The number of rotatable bonds is 4. The lowest BCUT2D eigenvalue weighted by atomic mass is 10.0. The third-order valence-electron chi connectivity index (χ3n) is 1.57. The predicted octanol–water partition coefficient (Wildman–Crippen LogP) is 1.34. The molecule has 0 radical (unpaired) electrons. The Kier molecular flexibility index (Phi) is 4.87. The van der Waals surface area contributed by atoms with Gasteiger partial charge >= 0.3 is 0 Å². The molecule has 66 valence electrons. The molecule has 0 aliphatic rings. The summed E-state index contributed by atoms with van der Waals surface area (Å²) in [5, 5.41) is 2.74. The van der Waals surface area contributed by atoms with Gasteiger partial charge in [0.25, 0.3) is 0 Å². The second-order valence-electron chi connectivity index (χ2n) is 2.92. The van der Waals surface area contributed by atoms with E-state index in [0.29, 0.717) is 0 Å². The Labute approximate surface area is 74.0 Å². The van der Waals surface area contributed by atoms with Crippen LogP contribution in [0.2, 0.25) is 0 Å². The molecule has 2 nitrogen and oxygen atoms in total. The van der Waals surface area contributed by atoms with E-state index in [4.69, 9.17) is 6.42 Å². The lowest BCUT2D eigenvalue weighted by Gasteiger charge is -2.13.